The number of methoxy groups -OCH3 is 2. The summed E-state index contributed by atoms with van der Waals surface area (Å²) in [5, 5.41) is 6.80. The van der Waals surface area contributed by atoms with Crippen molar-refractivity contribution in [1.82, 2.24) is 10.6 Å². The maximum absolute atomic E-state index is 12.3. The predicted molar refractivity (Wildman–Crippen MR) is 98.0 cm³/mol. The molecule has 5 nitrogen and oxygen atoms in total. The van der Waals surface area contributed by atoms with Crippen LogP contribution in [0, 0.1) is 12.8 Å². The van der Waals surface area contributed by atoms with Gasteiger partial charge in [0.1, 0.15) is 0 Å². The van der Waals surface area contributed by atoms with Gasteiger partial charge in [0.15, 0.2) is 11.5 Å². The van der Waals surface area contributed by atoms with Crippen LogP contribution in [0.1, 0.15) is 49.7 Å². The zero-order valence-electron chi connectivity index (χ0n) is 15.6. The van der Waals surface area contributed by atoms with E-state index in [1.54, 1.807) is 14.2 Å². The second-order valence-corrected chi connectivity index (χ2v) is 7.36. The molecule has 138 valence electrons. The van der Waals surface area contributed by atoms with Gasteiger partial charge in [0, 0.05) is 24.5 Å². The molecule has 25 heavy (non-hydrogen) atoms. The maximum atomic E-state index is 12.3. The van der Waals surface area contributed by atoms with Crippen LogP contribution in [0.15, 0.2) is 12.1 Å². The Morgan fingerprint density at radius 1 is 1.08 bits per heavy atom. The Hall–Kier alpha value is -1.75. The molecule has 2 saturated carbocycles. The fourth-order valence-corrected chi connectivity index (χ4v) is 3.63. The minimum Gasteiger partial charge on any atom is -0.493 e. The van der Waals surface area contributed by atoms with Gasteiger partial charge >= 0.3 is 0 Å². The average Bonchev–Trinajstić information content (AvgIpc) is 3.44. The van der Waals surface area contributed by atoms with Crippen LogP contribution in [-0.2, 0) is 11.3 Å². The third-order valence-corrected chi connectivity index (χ3v) is 5.39. The number of ether oxygens (including phenoxy) is 2. The van der Waals surface area contributed by atoms with Crippen LogP contribution in [0.5, 0.6) is 11.5 Å². The van der Waals surface area contributed by atoms with Gasteiger partial charge in [-0.25, -0.2) is 0 Å². The van der Waals surface area contributed by atoms with Crippen LogP contribution in [0.3, 0.4) is 0 Å². The Morgan fingerprint density at radius 3 is 2.48 bits per heavy atom. The summed E-state index contributed by atoms with van der Waals surface area (Å²) in [6.07, 6.45) is 6.51. The van der Waals surface area contributed by atoms with E-state index in [1.807, 2.05) is 12.1 Å². The van der Waals surface area contributed by atoms with Crippen LogP contribution in [0.2, 0.25) is 0 Å². The van der Waals surface area contributed by atoms with Gasteiger partial charge in [0.05, 0.1) is 14.2 Å². The second-order valence-electron chi connectivity index (χ2n) is 7.36. The van der Waals surface area contributed by atoms with Crippen molar-refractivity contribution in [3.05, 3.63) is 23.3 Å². The van der Waals surface area contributed by atoms with Gasteiger partial charge in [-0.1, -0.05) is 6.42 Å². The van der Waals surface area contributed by atoms with Gasteiger partial charge in [0.25, 0.3) is 0 Å². The molecular weight excluding hydrogens is 316 g/mol. The third kappa shape index (κ3) is 4.66. The molecule has 1 aromatic carbocycles. The number of aryl methyl sites for hydroxylation is 1. The standard InChI is InChI=1S/C20H30N2O3/c1-13-9-18(24-2)19(25-3)11-15(13)12-21-17-6-4-5-14(10-17)20(23)22-16-7-8-16/h9,11,14,16-17,21H,4-8,10,12H2,1-3H3,(H,22,23)/t14-,17-/m1/s1. The molecule has 0 bridgehead atoms. The highest BCUT2D eigenvalue weighted by molar-refractivity contribution is 5.79. The van der Waals surface area contributed by atoms with Crippen molar-refractivity contribution in [2.75, 3.05) is 14.2 Å². The van der Waals surface area contributed by atoms with E-state index >= 15 is 0 Å². The zero-order valence-corrected chi connectivity index (χ0v) is 15.6. The lowest BCUT2D eigenvalue weighted by atomic mass is 9.85. The fourth-order valence-electron chi connectivity index (χ4n) is 3.63. The second kappa shape index (κ2) is 8.09. The molecule has 1 aromatic rings. The van der Waals surface area contributed by atoms with Crippen LogP contribution < -0.4 is 20.1 Å². The van der Waals surface area contributed by atoms with Gasteiger partial charge in [-0.2, -0.15) is 0 Å². The topological polar surface area (TPSA) is 59.6 Å². The zero-order chi connectivity index (χ0) is 17.8. The minimum atomic E-state index is 0.165. The Morgan fingerprint density at radius 2 is 1.80 bits per heavy atom. The molecule has 2 N–H and O–H groups in total. The quantitative estimate of drug-likeness (QED) is 0.797. The van der Waals surface area contributed by atoms with Gasteiger partial charge in [0.2, 0.25) is 5.91 Å². The van der Waals surface area contributed by atoms with Crippen molar-refractivity contribution in [3.8, 4) is 11.5 Å². The van der Waals surface area contributed by atoms with Crippen molar-refractivity contribution >= 4 is 5.91 Å². The molecule has 0 spiro atoms. The van der Waals surface area contributed by atoms with Gasteiger partial charge < -0.3 is 20.1 Å². The summed E-state index contributed by atoms with van der Waals surface area (Å²) in [4.78, 5) is 12.3. The molecule has 2 atom stereocenters. The molecule has 0 unspecified atom stereocenters. The summed E-state index contributed by atoms with van der Waals surface area (Å²) in [5.41, 5.74) is 2.39. The van der Waals surface area contributed by atoms with E-state index < -0.39 is 0 Å². The normalized spacial score (nSPS) is 23.2. The number of hydrogen-bond acceptors (Lipinski definition) is 4. The lowest BCUT2D eigenvalue weighted by molar-refractivity contribution is -0.126. The first-order valence-electron chi connectivity index (χ1n) is 9.36. The highest BCUT2D eigenvalue weighted by Gasteiger charge is 2.31. The van der Waals surface area contributed by atoms with Crippen molar-refractivity contribution in [3.63, 3.8) is 0 Å². The highest BCUT2D eigenvalue weighted by Crippen LogP contribution is 2.31. The lowest BCUT2D eigenvalue weighted by Gasteiger charge is -2.29. The van der Waals surface area contributed by atoms with E-state index in [0.717, 1.165) is 56.6 Å². The van der Waals surface area contributed by atoms with Crippen molar-refractivity contribution < 1.29 is 14.3 Å². The molecule has 1 amide bonds. The molecule has 3 rings (SSSR count). The number of amides is 1. The molecule has 0 saturated heterocycles. The number of nitrogens with one attached hydrogen (secondary N) is 2. The first kappa shape index (κ1) is 18.1. The van der Waals surface area contributed by atoms with Crippen LogP contribution >= 0.6 is 0 Å². The molecular formula is C20H30N2O3. The molecule has 0 aliphatic heterocycles. The van der Waals surface area contributed by atoms with Crippen LogP contribution in [0.25, 0.3) is 0 Å². The van der Waals surface area contributed by atoms with Gasteiger partial charge in [-0.15, -0.1) is 0 Å². The summed E-state index contributed by atoms with van der Waals surface area (Å²) < 4.78 is 10.8. The Balaban J connectivity index is 1.56. The average molecular weight is 346 g/mol. The molecule has 2 aliphatic carbocycles. The molecule has 2 aliphatic rings. The van der Waals surface area contributed by atoms with Crippen molar-refractivity contribution in [2.24, 2.45) is 5.92 Å². The molecule has 2 fully saturated rings. The summed E-state index contributed by atoms with van der Waals surface area (Å²) >= 11 is 0. The fraction of sp³-hybridized carbons (Fsp3) is 0.650. The number of hydrogen-bond donors (Lipinski definition) is 2. The van der Waals surface area contributed by atoms with Crippen molar-refractivity contribution in [1.29, 1.82) is 0 Å². The predicted octanol–water partition coefficient (Wildman–Crippen LogP) is 2.94. The highest BCUT2D eigenvalue weighted by atomic mass is 16.5. The third-order valence-electron chi connectivity index (χ3n) is 5.39. The minimum absolute atomic E-state index is 0.165. The van der Waals surface area contributed by atoms with Gasteiger partial charge in [-0.3, -0.25) is 4.79 Å². The Bertz CT molecular complexity index is 613. The summed E-state index contributed by atoms with van der Waals surface area (Å²) in [5.74, 6) is 1.95. The van der Waals surface area contributed by atoms with E-state index in [9.17, 15) is 4.79 Å². The number of rotatable bonds is 7. The molecule has 0 heterocycles. The van der Waals surface area contributed by atoms with Crippen LogP contribution in [0.4, 0.5) is 0 Å². The summed E-state index contributed by atoms with van der Waals surface area (Å²) in [6, 6.07) is 4.91. The molecule has 5 heteroatoms. The van der Waals surface area contributed by atoms with E-state index in [1.165, 1.54) is 11.1 Å². The first-order chi connectivity index (χ1) is 12.1. The lowest BCUT2D eigenvalue weighted by Crippen LogP contribution is -2.40. The first-order valence-corrected chi connectivity index (χ1v) is 9.36. The number of carbonyl (C=O) groups is 1. The Labute approximate surface area is 150 Å². The number of carbonyl (C=O) groups excluding carboxylic acids is 1. The van der Waals surface area contributed by atoms with E-state index in [2.05, 4.69) is 17.6 Å². The smallest absolute Gasteiger partial charge is 0.223 e. The molecule has 0 radical (unpaired) electrons. The van der Waals surface area contributed by atoms with E-state index in [-0.39, 0.29) is 11.8 Å². The monoisotopic (exact) mass is 346 g/mol. The van der Waals surface area contributed by atoms with Crippen LogP contribution in [-0.4, -0.2) is 32.2 Å². The van der Waals surface area contributed by atoms with Crippen molar-refractivity contribution in [2.45, 2.75) is 64.1 Å². The Kier molecular flexibility index (Phi) is 5.84. The van der Waals surface area contributed by atoms with Gasteiger partial charge in [-0.05, 0) is 62.3 Å². The number of benzene rings is 1. The molecule has 0 aromatic heterocycles. The van der Waals surface area contributed by atoms with E-state index in [4.69, 9.17) is 9.47 Å². The maximum Gasteiger partial charge on any atom is 0.223 e. The van der Waals surface area contributed by atoms with E-state index in [0.29, 0.717) is 12.1 Å². The SMILES string of the molecule is COc1cc(C)c(CN[C@@H]2CCC[C@@H](C(=O)NC3CC3)C2)cc1OC. The summed E-state index contributed by atoms with van der Waals surface area (Å²) in [7, 11) is 3.32. The largest absolute Gasteiger partial charge is 0.493 e. The summed E-state index contributed by atoms with van der Waals surface area (Å²) in [6.45, 7) is 2.87.